The van der Waals surface area contributed by atoms with E-state index >= 15 is 4.39 Å². The van der Waals surface area contributed by atoms with Gasteiger partial charge in [0.15, 0.2) is 5.65 Å². The number of ether oxygens (including phenoxy) is 1. The number of benzene rings is 2. The number of nitrogens with zero attached hydrogens (tertiary/aromatic N) is 8. The molecule has 45 heavy (non-hydrogen) atoms. The second-order valence-electron chi connectivity index (χ2n) is 12.0. The number of amides is 2. The summed E-state index contributed by atoms with van der Waals surface area (Å²) >= 11 is 0. The molecule has 0 radical (unpaired) electrons. The Kier molecular flexibility index (Phi) is 7.62. The van der Waals surface area contributed by atoms with Crippen molar-refractivity contribution >= 4 is 39.8 Å². The van der Waals surface area contributed by atoms with Crippen molar-refractivity contribution in [2.24, 2.45) is 0 Å². The van der Waals surface area contributed by atoms with Crippen LogP contribution in [0.3, 0.4) is 0 Å². The number of carbonyl (C=O) groups excluding carboxylic acids is 2. The van der Waals surface area contributed by atoms with Crippen LogP contribution in [0.5, 0.6) is 0 Å². The van der Waals surface area contributed by atoms with Crippen molar-refractivity contribution in [2.45, 2.75) is 52.2 Å². The largest absolute Gasteiger partial charge is 0.444 e. The Hall–Kier alpha value is -5.44. The van der Waals surface area contributed by atoms with Crippen molar-refractivity contribution in [1.82, 2.24) is 29.9 Å². The summed E-state index contributed by atoms with van der Waals surface area (Å²) < 4.78 is 22.9. The van der Waals surface area contributed by atoms with Gasteiger partial charge >= 0.3 is 6.09 Å². The molecule has 11 nitrogen and oxygen atoms in total. The highest BCUT2D eigenvalue weighted by molar-refractivity contribution is 6.11. The fourth-order valence-electron chi connectivity index (χ4n) is 5.65. The molecule has 0 saturated carbocycles. The number of pyridine rings is 2. The molecule has 4 heterocycles. The zero-order valence-electron chi connectivity index (χ0n) is 25.4. The number of likely N-dealkylation sites (tertiary alicyclic amines) is 1. The molecule has 0 unspecified atom stereocenters. The fraction of sp³-hybridized carbons (Fsp3) is 0.303. The monoisotopic (exact) mass is 606 g/mol. The first-order valence-electron chi connectivity index (χ1n) is 14.6. The molecule has 5 aromatic rings. The van der Waals surface area contributed by atoms with Gasteiger partial charge in [-0.25, -0.2) is 19.2 Å². The summed E-state index contributed by atoms with van der Waals surface area (Å²) in [5.74, 6) is -0.975. The van der Waals surface area contributed by atoms with Crippen molar-refractivity contribution in [2.75, 3.05) is 18.0 Å². The maximum absolute atomic E-state index is 16.0. The van der Waals surface area contributed by atoms with E-state index in [1.54, 1.807) is 44.0 Å². The van der Waals surface area contributed by atoms with Crippen molar-refractivity contribution < 1.29 is 18.7 Å². The molecule has 1 saturated heterocycles. The van der Waals surface area contributed by atoms with Gasteiger partial charge in [-0.05, 0) is 81.8 Å². The van der Waals surface area contributed by atoms with Gasteiger partial charge < -0.3 is 9.64 Å². The summed E-state index contributed by atoms with van der Waals surface area (Å²) in [6.07, 6.45) is 2.36. The van der Waals surface area contributed by atoms with Gasteiger partial charge in [0.05, 0.1) is 17.3 Å². The molecule has 3 aromatic heterocycles. The van der Waals surface area contributed by atoms with Gasteiger partial charge in [-0.3, -0.25) is 9.69 Å². The number of aryl methyl sites for hydroxylation is 1. The molecular formula is C33H31FN8O3. The van der Waals surface area contributed by atoms with Gasteiger partial charge in [0.25, 0.3) is 5.91 Å². The molecule has 12 heteroatoms. The Morgan fingerprint density at radius 2 is 1.96 bits per heavy atom. The Morgan fingerprint density at radius 3 is 2.71 bits per heavy atom. The molecule has 1 atom stereocenters. The van der Waals surface area contributed by atoms with Crippen LogP contribution < -0.4 is 4.90 Å². The minimum absolute atomic E-state index is 0.166. The Morgan fingerprint density at radius 1 is 1.13 bits per heavy atom. The number of hydrogen-bond acceptors (Lipinski definition) is 8. The standard InChI is InChI=1S/C33H31FN8O3/c1-20-7-5-8-21-14-15-36-30(28(20)21)41(24-9-6-16-40(19-24)32(44)45-33(2,3)4)31(43)25-12-11-23(17-26(25)34)42-29-27(38-39-42)13-10-22(18-35)37-29/h5,7-8,10-15,17,24H,6,9,16,19H2,1-4H3/t24-/m1/s1. The molecule has 0 bridgehead atoms. The maximum atomic E-state index is 16.0. The summed E-state index contributed by atoms with van der Waals surface area (Å²) in [6, 6.07) is 16.4. The summed E-state index contributed by atoms with van der Waals surface area (Å²) in [7, 11) is 0. The maximum Gasteiger partial charge on any atom is 0.410 e. The van der Waals surface area contributed by atoms with Crippen LogP contribution in [0.1, 0.15) is 55.2 Å². The van der Waals surface area contributed by atoms with E-state index in [-0.39, 0.29) is 29.1 Å². The van der Waals surface area contributed by atoms with Gasteiger partial charge in [0.2, 0.25) is 0 Å². The average Bonchev–Trinajstić information content (AvgIpc) is 3.44. The summed E-state index contributed by atoms with van der Waals surface area (Å²) in [6.45, 7) is 8.02. The van der Waals surface area contributed by atoms with E-state index in [2.05, 4.69) is 20.3 Å². The SMILES string of the molecule is Cc1cccc2ccnc(N(C(=O)c3ccc(-n4nnc5ccc(C#N)nc54)cc3F)[C@@H]3CCCN(C(=O)OC(C)(C)C)C3)c12. The van der Waals surface area contributed by atoms with Gasteiger partial charge in [0.1, 0.15) is 34.5 Å². The van der Waals surface area contributed by atoms with E-state index in [1.807, 2.05) is 37.3 Å². The minimum Gasteiger partial charge on any atom is -0.444 e. The number of aromatic nitrogens is 5. The minimum atomic E-state index is -0.778. The molecule has 0 N–H and O–H groups in total. The highest BCUT2D eigenvalue weighted by Gasteiger charge is 2.36. The lowest BCUT2D eigenvalue weighted by Gasteiger charge is -2.39. The van der Waals surface area contributed by atoms with Crippen LogP contribution in [0.15, 0.2) is 60.8 Å². The lowest BCUT2D eigenvalue weighted by molar-refractivity contribution is 0.0196. The highest BCUT2D eigenvalue weighted by Crippen LogP contribution is 2.33. The van der Waals surface area contributed by atoms with E-state index in [4.69, 9.17) is 4.74 Å². The van der Waals surface area contributed by atoms with Crippen molar-refractivity contribution in [3.63, 3.8) is 0 Å². The molecule has 6 rings (SSSR count). The van der Waals surface area contributed by atoms with Crippen LogP contribution in [-0.4, -0.2) is 66.6 Å². The molecule has 1 aliphatic heterocycles. The zero-order valence-corrected chi connectivity index (χ0v) is 25.4. The number of carbonyl (C=O) groups is 2. The predicted molar refractivity (Wildman–Crippen MR) is 165 cm³/mol. The molecule has 0 aliphatic carbocycles. The van der Waals surface area contributed by atoms with E-state index in [0.717, 1.165) is 16.3 Å². The van der Waals surface area contributed by atoms with Crippen LogP contribution in [-0.2, 0) is 4.74 Å². The number of halogens is 1. The number of nitriles is 1. The molecule has 1 aliphatic rings. The predicted octanol–water partition coefficient (Wildman–Crippen LogP) is 5.73. The van der Waals surface area contributed by atoms with Crippen molar-refractivity contribution in [3.05, 3.63) is 83.4 Å². The third kappa shape index (κ3) is 5.76. The Labute approximate surface area is 258 Å². The van der Waals surface area contributed by atoms with Gasteiger partial charge in [0, 0.05) is 30.7 Å². The Balaban J connectivity index is 1.42. The summed E-state index contributed by atoms with van der Waals surface area (Å²) in [4.78, 5) is 39.5. The molecule has 228 valence electrons. The van der Waals surface area contributed by atoms with Crippen LogP contribution in [0.4, 0.5) is 15.0 Å². The van der Waals surface area contributed by atoms with E-state index in [9.17, 15) is 14.9 Å². The number of anilines is 1. The average molecular weight is 607 g/mol. The van der Waals surface area contributed by atoms with E-state index < -0.39 is 29.5 Å². The lowest BCUT2D eigenvalue weighted by Crippen LogP contribution is -2.53. The third-order valence-electron chi connectivity index (χ3n) is 7.68. The van der Waals surface area contributed by atoms with E-state index in [0.29, 0.717) is 30.7 Å². The first kappa shape index (κ1) is 29.6. The van der Waals surface area contributed by atoms with Crippen molar-refractivity contribution in [3.8, 4) is 11.8 Å². The summed E-state index contributed by atoms with van der Waals surface area (Å²) in [5.41, 5.74) is 1.23. The molecule has 2 amide bonds. The number of fused-ring (bicyclic) bond motifs is 2. The quantitative estimate of drug-likeness (QED) is 0.254. The zero-order chi connectivity index (χ0) is 31.9. The topological polar surface area (TPSA) is 130 Å². The molecule has 1 fully saturated rings. The first-order chi connectivity index (χ1) is 21.5. The van der Waals surface area contributed by atoms with Gasteiger partial charge in [-0.2, -0.15) is 9.94 Å². The second kappa shape index (κ2) is 11.6. The highest BCUT2D eigenvalue weighted by atomic mass is 19.1. The normalized spacial score (nSPS) is 15.2. The number of rotatable bonds is 4. The van der Waals surface area contributed by atoms with Gasteiger partial charge in [-0.15, -0.1) is 5.10 Å². The van der Waals surface area contributed by atoms with E-state index in [1.165, 1.54) is 27.8 Å². The fourth-order valence-corrected chi connectivity index (χ4v) is 5.65. The summed E-state index contributed by atoms with van der Waals surface area (Å²) in [5, 5.41) is 19.1. The Bertz CT molecular complexity index is 1990. The number of piperidine rings is 1. The first-order valence-corrected chi connectivity index (χ1v) is 14.6. The lowest BCUT2D eigenvalue weighted by atomic mass is 10.00. The second-order valence-corrected chi connectivity index (χ2v) is 12.0. The van der Waals surface area contributed by atoms with Crippen molar-refractivity contribution in [1.29, 1.82) is 5.26 Å². The third-order valence-corrected chi connectivity index (χ3v) is 7.68. The molecular weight excluding hydrogens is 575 g/mol. The van der Waals surface area contributed by atoms with Crippen LogP contribution >= 0.6 is 0 Å². The van der Waals surface area contributed by atoms with Crippen LogP contribution in [0, 0.1) is 24.1 Å². The molecule has 0 spiro atoms. The van der Waals surface area contributed by atoms with Crippen LogP contribution in [0.25, 0.3) is 27.6 Å². The number of hydrogen-bond donors (Lipinski definition) is 0. The smallest absolute Gasteiger partial charge is 0.410 e. The van der Waals surface area contributed by atoms with Crippen LogP contribution in [0.2, 0.25) is 0 Å². The molecule has 2 aromatic carbocycles. The van der Waals surface area contributed by atoms with Gasteiger partial charge in [-0.1, -0.05) is 23.4 Å².